The van der Waals surface area contributed by atoms with Gasteiger partial charge in [-0.15, -0.1) is 0 Å². The monoisotopic (exact) mass is 419 g/mol. The van der Waals surface area contributed by atoms with E-state index in [0.29, 0.717) is 10.8 Å². The van der Waals surface area contributed by atoms with Crippen molar-refractivity contribution >= 4 is 27.5 Å². The van der Waals surface area contributed by atoms with Crippen LogP contribution in [0.25, 0.3) is 11.3 Å². The molecule has 0 aliphatic heterocycles. The normalized spacial score (nSPS) is 11.2. The number of amides is 1. The van der Waals surface area contributed by atoms with Crippen LogP contribution in [-0.4, -0.2) is 30.4 Å². The Kier molecular flexibility index (Phi) is 5.71. The maximum absolute atomic E-state index is 11.8. The van der Waals surface area contributed by atoms with Crippen LogP contribution in [0.4, 0.5) is 0 Å². The SMILES string of the molecule is Cn1nccc1-c1cc(Cl)ccc1OCc1ccc(C(=O)NS(C)(=O)=O)cc1. The fourth-order valence-electron chi connectivity index (χ4n) is 2.61. The summed E-state index contributed by atoms with van der Waals surface area (Å²) in [4.78, 5) is 11.8. The summed E-state index contributed by atoms with van der Waals surface area (Å²) in [6.07, 6.45) is 2.62. The molecule has 0 atom stereocenters. The highest BCUT2D eigenvalue weighted by Gasteiger charge is 2.13. The summed E-state index contributed by atoms with van der Waals surface area (Å²) in [5.41, 5.74) is 2.75. The predicted octanol–water partition coefficient (Wildman–Crippen LogP) is 3.01. The quantitative estimate of drug-likeness (QED) is 0.663. The van der Waals surface area contributed by atoms with E-state index in [9.17, 15) is 13.2 Å². The van der Waals surface area contributed by atoms with Crippen LogP contribution in [0.5, 0.6) is 5.75 Å². The first-order valence-electron chi connectivity index (χ1n) is 8.25. The minimum Gasteiger partial charge on any atom is -0.488 e. The molecule has 0 radical (unpaired) electrons. The molecule has 1 N–H and O–H groups in total. The largest absolute Gasteiger partial charge is 0.488 e. The first-order valence-corrected chi connectivity index (χ1v) is 10.5. The van der Waals surface area contributed by atoms with E-state index >= 15 is 0 Å². The smallest absolute Gasteiger partial charge is 0.264 e. The molecule has 1 aromatic heterocycles. The molecule has 7 nitrogen and oxygen atoms in total. The molecular formula is C19H18ClN3O4S. The molecule has 0 bridgehead atoms. The second kappa shape index (κ2) is 8.04. The highest BCUT2D eigenvalue weighted by Crippen LogP contribution is 2.32. The minimum absolute atomic E-state index is 0.247. The average Bonchev–Trinajstić information content (AvgIpc) is 3.05. The van der Waals surface area contributed by atoms with Crippen molar-refractivity contribution in [3.05, 3.63) is 70.9 Å². The van der Waals surface area contributed by atoms with Crippen LogP contribution >= 0.6 is 11.6 Å². The number of aromatic nitrogens is 2. The number of ether oxygens (including phenoxy) is 1. The van der Waals surface area contributed by atoms with Gasteiger partial charge in [0.2, 0.25) is 10.0 Å². The Balaban J connectivity index is 1.75. The molecule has 28 heavy (non-hydrogen) atoms. The number of halogens is 1. The van der Waals surface area contributed by atoms with Crippen LogP contribution in [0.1, 0.15) is 15.9 Å². The topological polar surface area (TPSA) is 90.3 Å². The summed E-state index contributed by atoms with van der Waals surface area (Å²) in [7, 11) is -1.77. The standard InChI is InChI=1S/C19H18ClN3O4S/c1-23-17(9-10-21-23)16-11-15(20)7-8-18(16)27-12-13-3-5-14(6-4-13)19(24)22-28(2,25)26/h3-11H,12H2,1-2H3,(H,22,24). The zero-order chi connectivity index (χ0) is 20.3. The number of aryl methyl sites for hydroxylation is 1. The van der Waals surface area contributed by atoms with Crippen LogP contribution in [0, 0.1) is 0 Å². The lowest BCUT2D eigenvalue weighted by molar-refractivity contribution is 0.0981. The van der Waals surface area contributed by atoms with Crippen LogP contribution in [-0.2, 0) is 23.7 Å². The molecule has 2 aromatic carbocycles. The molecule has 0 spiro atoms. The summed E-state index contributed by atoms with van der Waals surface area (Å²) in [5.74, 6) is -0.0296. The van der Waals surface area contributed by atoms with E-state index in [0.717, 1.165) is 23.1 Å². The highest BCUT2D eigenvalue weighted by atomic mass is 35.5. The van der Waals surface area contributed by atoms with Gasteiger partial charge in [-0.05, 0) is 42.0 Å². The van der Waals surface area contributed by atoms with Crippen LogP contribution in [0.3, 0.4) is 0 Å². The van der Waals surface area contributed by atoms with Crippen LogP contribution in [0.15, 0.2) is 54.7 Å². The molecule has 3 rings (SSSR count). The van der Waals surface area contributed by atoms with Gasteiger partial charge in [-0.1, -0.05) is 23.7 Å². The number of carbonyl (C=O) groups excluding carboxylic acids is 1. The lowest BCUT2D eigenvalue weighted by Crippen LogP contribution is -2.29. The number of carbonyl (C=O) groups is 1. The van der Waals surface area contributed by atoms with E-state index in [1.807, 2.05) is 23.9 Å². The average molecular weight is 420 g/mol. The number of sulfonamides is 1. The van der Waals surface area contributed by atoms with Crippen LogP contribution in [0.2, 0.25) is 5.02 Å². The second-order valence-corrected chi connectivity index (χ2v) is 8.35. The summed E-state index contributed by atoms with van der Waals surface area (Å²) in [6.45, 7) is 0.264. The Labute approximate surface area is 168 Å². The molecule has 146 valence electrons. The molecule has 0 unspecified atom stereocenters. The van der Waals surface area contributed by atoms with Crippen molar-refractivity contribution in [3.8, 4) is 17.0 Å². The Morgan fingerprint density at radius 3 is 2.50 bits per heavy atom. The third kappa shape index (κ3) is 4.90. The fraction of sp³-hybridized carbons (Fsp3) is 0.158. The summed E-state index contributed by atoms with van der Waals surface area (Å²) in [6, 6.07) is 13.7. The lowest BCUT2D eigenvalue weighted by atomic mass is 10.1. The van der Waals surface area contributed by atoms with Crippen LogP contribution < -0.4 is 9.46 Å². The van der Waals surface area contributed by atoms with E-state index in [1.165, 1.54) is 0 Å². The van der Waals surface area contributed by atoms with E-state index in [2.05, 4.69) is 5.10 Å². The first kappa shape index (κ1) is 19.9. The zero-order valence-corrected chi connectivity index (χ0v) is 16.8. The fourth-order valence-corrected chi connectivity index (χ4v) is 3.23. The van der Waals surface area contributed by atoms with Gasteiger partial charge < -0.3 is 4.74 Å². The van der Waals surface area contributed by atoms with E-state index in [1.54, 1.807) is 47.3 Å². The number of nitrogens with one attached hydrogen (secondary N) is 1. The van der Waals surface area contributed by atoms with Crippen molar-refractivity contribution in [3.63, 3.8) is 0 Å². The molecule has 9 heteroatoms. The van der Waals surface area contributed by atoms with Crippen molar-refractivity contribution in [2.75, 3.05) is 6.26 Å². The molecule has 0 saturated carbocycles. The van der Waals surface area contributed by atoms with Gasteiger partial charge in [-0.3, -0.25) is 9.48 Å². The van der Waals surface area contributed by atoms with E-state index in [-0.39, 0.29) is 12.2 Å². The maximum Gasteiger partial charge on any atom is 0.264 e. The molecule has 0 aliphatic carbocycles. The Morgan fingerprint density at radius 1 is 1.18 bits per heavy atom. The third-order valence-corrected chi connectivity index (χ3v) is 4.72. The van der Waals surface area contributed by atoms with Crippen molar-refractivity contribution in [2.24, 2.45) is 7.05 Å². The van der Waals surface area contributed by atoms with Crippen molar-refractivity contribution in [2.45, 2.75) is 6.61 Å². The van der Waals surface area contributed by atoms with E-state index < -0.39 is 15.9 Å². The van der Waals surface area contributed by atoms with Crippen molar-refractivity contribution < 1.29 is 17.9 Å². The predicted molar refractivity (Wildman–Crippen MR) is 107 cm³/mol. The molecule has 0 aliphatic rings. The second-order valence-electron chi connectivity index (χ2n) is 6.17. The van der Waals surface area contributed by atoms with Gasteiger partial charge in [0.1, 0.15) is 12.4 Å². The Hall–Kier alpha value is -2.84. The number of nitrogens with zero attached hydrogens (tertiary/aromatic N) is 2. The number of hydrogen-bond acceptors (Lipinski definition) is 5. The van der Waals surface area contributed by atoms with Gasteiger partial charge >= 0.3 is 0 Å². The number of hydrogen-bond donors (Lipinski definition) is 1. The first-order chi connectivity index (χ1) is 13.2. The van der Waals surface area contributed by atoms with E-state index in [4.69, 9.17) is 16.3 Å². The minimum atomic E-state index is -3.60. The molecule has 0 saturated heterocycles. The third-order valence-electron chi connectivity index (χ3n) is 3.93. The van der Waals surface area contributed by atoms with Crippen molar-refractivity contribution in [1.82, 2.24) is 14.5 Å². The molecule has 3 aromatic rings. The molecule has 1 heterocycles. The zero-order valence-electron chi connectivity index (χ0n) is 15.2. The Morgan fingerprint density at radius 2 is 1.89 bits per heavy atom. The summed E-state index contributed by atoms with van der Waals surface area (Å²) < 4.78 is 31.9. The molecular weight excluding hydrogens is 402 g/mol. The van der Waals surface area contributed by atoms with Gasteiger partial charge in [0.25, 0.3) is 5.91 Å². The number of benzene rings is 2. The lowest BCUT2D eigenvalue weighted by Gasteiger charge is -2.13. The van der Waals surface area contributed by atoms with Crippen molar-refractivity contribution in [1.29, 1.82) is 0 Å². The van der Waals surface area contributed by atoms with Gasteiger partial charge in [-0.2, -0.15) is 5.10 Å². The van der Waals surface area contributed by atoms with Gasteiger partial charge in [0.15, 0.2) is 0 Å². The maximum atomic E-state index is 11.8. The highest BCUT2D eigenvalue weighted by molar-refractivity contribution is 7.89. The number of rotatable bonds is 6. The van der Waals surface area contributed by atoms with Gasteiger partial charge in [0, 0.05) is 29.4 Å². The summed E-state index contributed by atoms with van der Waals surface area (Å²) >= 11 is 6.13. The molecule has 1 amide bonds. The summed E-state index contributed by atoms with van der Waals surface area (Å²) in [5, 5.41) is 4.76. The van der Waals surface area contributed by atoms with Gasteiger partial charge in [-0.25, -0.2) is 13.1 Å². The van der Waals surface area contributed by atoms with Gasteiger partial charge in [0.05, 0.1) is 11.9 Å². The Bertz CT molecular complexity index is 1110. The molecule has 0 fully saturated rings.